The lowest BCUT2D eigenvalue weighted by molar-refractivity contribution is 0.985. The molecule has 0 spiro atoms. The molecule has 2 heteroatoms. The summed E-state index contributed by atoms with van der Waals surface area (Å²) in [7, 11) is 0. The molecule has 0 fully saturated rings. The predicted molar refractivity (Wildman–Crippen MR) is 56.1 cm³/mol. The first-order valence-electron chi connectivity index (χ1n) is 4.64. The number of nitrogens with two attached hydrogens (primary N) is 1. The molecule has 0 radical (unpaired) electrons. The third-order valence-corrected chi connectivity index (χ3v) is 2.01. The molecule has 0 aliphatic heterocycles. The third kappa shape index (κ3) is 2.67. The van der Waals surface area contributed by atoms with Crippen molar-refractivity contribution >= 4 is 5.71 Å². The van der Waals surface area contributed by atoms with E-state index >= 15 is 0 Å². The summed E-state index contributed by atoms with van der Waals surface area (Å²) in [4.78, 5) is 0. The van der Waals surface area contributed by atoms with Crippen LogP contribution in [0.1, 0.15) is 30.9 Å². The van der Waals surface area contributed by atoms with Crippen molar-refractivity contribution in [1.82, 2.24) is 0 Å². The quantitative estimate of drug-likeness (QED) is 0.679. The van der Waals surface area contributed by atoms with Crippen molar-refractivity contribution in [3.63, 3.8) is 0 Å². The molecule has 3 N–H and O–H groups in total. The highest BCUT2D eigenvalue weighted by Crippen LogP contribution is 2.08. The Morgan fingerprint density at radius 3 is 2.85 bits per heavy atom. The van der Waals surface area contributed by atoms with Crippen molar-refractivity contribution in [2.75, 3.05) is 0 Å². The van der Waals surface area contributed by atoms with Gasteiger partial charge in [0.15, 0.2) is 0 Å². The highest BCUT2D eigenvalue weighted by molar-refractivity contribution is 5.98. The van der Waals surface area contributed by atoms with Crippen molar-refractivity contribution in [2.24, 2.45) is 5.73 Å². The van der Waals surface area contributed by atoms with Gasteiger partial charge in [-0.15, -0.1) is 0 Å². The molecule has 0 unspecified atom stereocenters. The van der Waals surface area contributed by atoms with Crippen LogP contribution in [0.5, 0.6) is 0 Å². The van der Waals surface area contributed by atoms with Gasteiger partial charge in [-0.05, 0) is 23.6 Å². The van der Waals surface area contributed by atoms with Gasteiger partial charge in [0, 0.05) is 12.3 Å². The Bertz CT molecular complexity index is 292. The highest BCUT2D eigenvalue weighted by Gasteiger charge is 2.00. The van der Waals surface area contributed by atoms with E-state index < -0.39 is 0 Å². The van der Waals surface area contributed by atoms with Crippen LogP contribution in [0.4, 0.5) is 0 Å². The molecule has 0 heterocycles. The fourth-order valence-electron chi connectivity index (χ4n) is 1.28. The molecule has 0 aliphatic carbocycles. The summed E-state index contributed by atoms with van der Waals surface area (Å²) in [6.07, 6.45) is 1.86. The largest absolute Gasteiger partial charge is 0.326 e. The van der Waals surface area contributed by atoms with Crippen molar-refractivity contribution in [3.8, 4) is 0 Å². The van der Waals surface area contributed by atoms with Crippen LogP contribution < -0.4 is 5.73 Å². The first kappa shape index (κ1) is 9.93. The summed E-state index contributed by atoms with van der Waals surface area (Å²) in [6.45, 7) is 2.63. The Kier molecular flexibility index (Phi) is 3.65. The van der Waals surface area contributed by atoms with E-state index in [1.165, 1.54) is 0 Å². The van der Waals surface area contributed by atoms with Crippen molar-refractivity contribution in [1.29, 1.82) is 5.41 Å². The number of nitrogens with one attached hydrogen (secondary N) is 1. The van der Waals surface area contributed by atoms with E-state index in [9.17, 15) is 0 Å². The molecule has 0 bridgehead atoms. The van der Waals surface area contributed by atoms with E-state index in [2.05, 4.69) is 6.92 Å². The van der Waals surface area contributed by atoms with Crippen LogP contribution in [0.2, 0.25) is 0 Å². The Morgan fingerprint density at radius 2 is 2.23 bits per heavy atom. The van der Waals surface area contributed by atoms with E-state index in [1.807, 2.05) is 24.3 Å². The second-order valence-electron chi connectivity index (χ2n) is 3.13. The van der Waals surface area contributed by atoms with Crippen LogP contribution in [0, 0.1) is 5.41 Å². The molecule has 0 aromatic heterocycles. The van der Waals surface area contributed by atoms with E-state index in [1.54, 1.807) is 0 Å². The van der Waals surface area contributed by atoms with Gasteiger partial charge in [0.1, 0.15) is 0 Å². The molecular formula is C11H16N2. The monoisotopic (exact) mass is 176 g/mol. The van der Waals surface area contributed by atoms with Crippen molar-refractivity contribution in [2.45, 2.75) is 26.3 Å². The van der Waals surface area contributed by atoms with Gasteiger partial charge >= 0.3 is 0 Å². The molecule has 0 saturated heterocycles. The van der Waals surface area contributed by atoms with Gasteiger partial charge in [-0.1, -0.05) is 31.5 Å². The Balaban J connectivity index is 2.82. The summed E-state index contributed by atoms with van der Waals surface area (Å²) in [5.41, 5.74) is 8.33. The van der Waals surface area contributed by atoms with Gasteiger partial charge < -0.3 is 11.1 Å². The summed E-state index contributed by atoms with van der Waals surface area (Å²) in [5.74, 6) is 0. The van der Waals surface area contributed by atoms with Crippen LogP contribution >= 0.6 is 0 Å². The second-order valence-corrected chi connectivity index (χ2v) is 3.13. The fraction of sp³-hybridized carbons (Fsp3) is 0.364. The Labute approximate surface area is 79.3 Å². The first-order valence-corrected chi connectivity index (χ1v) is 4.64. The molecule has 13 heavy (non-hydrogen) atoms. The summed E-state index contributed by atoms with van der Waals surface area (Å²) in [5, 5.41) is 7.76. The maximum Gasteiger partial charge on any atom is 0.0386 e. The maximum atomic E-state index is 7.76. The Hall–Kier alpha value is -1.15. The van der Waals surface area contributed by atoms with Crippen LogP contribution in [-0.4, -0.2) is 5.71 Å². The summed E-state index contributed by atoms with van der Waals surface area (Å²) in [6, 6.07) is 7.92. The van der Waals surface area contributed by atoms with Crippen molar-refractivity contribution in [3.05, 3.63) is 35.4 Å². The van der Waals surface area contributed by atoms with Gasteiger partial charge in [0.2, 0.25) is 0 Å². The number of hydrogen-bond donors (Lipinski definition) is 2. The number of rotatable bonds is 4. The average Bonchev–Trinajstić information content (AvgIpc) is 2.18. The van der Waals surface area contributed by atoms with Crippen LogP contribution in [0.3, 0.4) is 0 Å². The van der Waals surface area contributed by atoms with Crippen LogP contribution in [-0.2, 0) is 6.54 Å². The van der Waals surface area contributed by atoms with E-state index in [4.69, 9.17) is 11.1 Å². The van der Waals surface area contributed by atoms with Gasteiger partial charge in [-0.3, -0.25) is 0 Å². The molecule has 0 saturated carbocycles. The van der Waals surface area contributed by atoms with Crippen molar-refractivity contribution < 1.29 is 0 Å². The molecular weight excluding hydrogens is 160 g/mol. The normalized spacial score (nSPS) is 10.0. The zero-order valence-electron chi connectivity index (χ0n) is 8.01. The molecule has 0 aliphatic rings. The maximum absolute atomic E-state index is 7.76. The highest BCUT2D eigenvalue weighted by atomic mass is 14.5. The summed E-state index contributed by atoms with van der Waals surface area (Å²) >= 11 is 0. The van der Waals surface area contributed by atoms with Gasteiger partial charge in [0.05, 0.1) is 0 Å². The molecule has 2 nitrogen and oxygen atoms in total. The smallest absolute Gasteiger partial charge is 0.0386 e. The first-order chi connectivity index (χ1) is 6.27. The zero-order valence-corrected chi connectivity index (χ0v) is 8.01. The molecule has 1 rings (SSSR count). The SMILES string of the molecule is CCCC(=N)c1cccc(CN)c1. The zero-order chi connectivity index (χ0) is 9.68. The van der Waals surface area contributed by atoms with E-state index in [0.29, 0.717) is 12.3 Å². The molecule has 1 aromatic carbocycles. The van der Waals surface area contributed by atoms with Crippen LogP contribution in [0.25, 0.3) is 0 Å². The lowest BCUT2D eigenvalue weighted by atomic mass is 10.0. The number of benzene rings is 1. The minimum atomic E-state index is 0.549. The lowest BCUT2D eigenvalue weighted by Gasteiger charge is -2.04. The molecule has 0 atom stereocenters. The topological polar surface area (TPSA) is 49.9 Å². The summed E-state index contributed by atoms with van der Waals surface area (Å²) < 4.78 is 0. The Morgan fingerprint density at radius 1 is 1.46 bits per heavy atom. The average molecular weight is 176 g/mol. The molecule has 0 amide bonds. The fourth-order valence-corrected chi connectivity index (χ4v) is 1.28. The van der Waals surface area contributed by atoms with E-state index in [-0.39, 0.29) is 0 Å². The minimum absolute atomic E-state index is 0.549. The van der Waals surface area contributed by atoms with Gasteiger partial charge in [-0.2, -0.15) is 0 Å². The number of hydrogen-bond acceptors (Lipinski definition) is 2. The van der Waals surface area contributed by atoms with E-state index in [0.717, 1.165) is 24.0 Å². The molecule has 70 valence electrons. The van der Waals surface area contributed by atoms with Crippen LogP contribution in [0.15, 0.2) is 24.3 Å². The predicted octanol–water partition coefficient (Wildman–Crippen LogP) is 2.31. The van der Waals surface area contributed by atoms with Gasteiger partial charge in [-0.25, -0.2) is 0 Å². The van der Waals surface area contributed by atoms with Gasteiger partial charge in [0.25, 0.3) is 0 Å². The standard InChI is InChI=1S/C11H16N2/c1-2-4-11(13)10-6-3-5-9(7-10)8-12/h3,5-7,13H,2,4,8,12H2,1H3. The third-order valence-electron chi connectivity index (χ3n) is 2.01. The second kappa shape index (κ2) is 4.77. The molecule has 1 aromatic rings. The lowest BCUT2D eigenvalue weighted by Crippen LogP contribution is -2.01. The minimum Gasteiger partial charge on any atom is -0.326 e.